The number of carbonyl (C=O) groups excluding carboxylic acids is 1. The lowest BCUT2D eigenvalue weighted by Crippen LogP contribution is -2.38. The molecule has 0 unspecified atom stereocenters. The molecule has 5 heterocycles. The van der Waals surface area contributed by atoms with E-state index in [2.05, 4.69) is 40.9 Å². The average Bonchev–Trinajstić information content (AvgIpc) is 3.72. The molecule has 16 heteroatoms. The summed E-state index contributed by atoms with van der Waals surface area (Å²) in [4.78, 5) is 19.9. The normalized spacial score (nSPS) is 14.1. The molecule has 1 aliphatic rings. The molecule has 6 rings (SSSR count). The largest absolute Gasteiger partial charge is 0.434 e. The van der Waals surface area contributed by atoms with Crippen LogP contribution in [0.4, 0.5) is 14.5 Å². The van der Waals surface area contributed by atoms with Gasteiger partial charge in [-0.2, -0.15) is 19.0 Å². The van der Waals surface area contributed by atoms with Crippen LogP contribution in [0.1, 0.15) is 21.7 Å². The second kappa shape index (κ2) is 12.0. The second-order valence-electron chi connectivity index (χ2n) is 9.64. The number of rotatable bonds is 10. The number of aromatic nitrogens is 9. The van der Waals surface area contributed by atoms with E-state index in [4.69, 9.17) is 9.47 Å². The van der Waals surface area contributed by atoms with Crippen molar-refractivity contribution in [2.24, 2.45) is 0 Å². The van der Waals surface area contributed by atoms with Crippen LogP contribution in [0.15, 0.2) is 49.1 Å². The maximum Gasteiger partial charge on any atom is 0.387 e. The van der Waals surface area contributed by atoms with Gasteiger partial charge in [0.25, 0.3) is 5.91 Å². The van der Waals surface area contributed by atoms with Crippen LogP contribution < -0.4 is 10.1 Å². The van der Waals surface area contributed by atoms with E-state index in [1.807, 2.05) is 6.92 Å². The number of hydrogen-bond donors (Lipinski definition) is 1. The molecule has 1 fully saturated rings. The maximum absolute atomic E-state index is 13.4. The summed E-state index contributed by atoms with van der Waals surface area (Å²) in [5, 5.41) is 23.8. The van der Waals surface area contributed by atoms with Crippen LogP contribution in [-0.4, -0.2) is 94.9 Å². The molecule has 4 aromatic heterocycles. The van der Waals surface area contributed by atoms with Crippen molar-refractivity contribution in [3.8, 4) is 17.0 Å². The summed E-state index contributed by atoms with van der Waals surface area (Å²) in [6.07, 6.45) is 6.23. The standard InChI is InChI=1S/C26H27F2N11O3/c1-17-3-4-21(42-26(27)28)18(13-17)23-20(31-25(40)19-14-30-39-6-2-5-29-24(19)39)15-37(33-23)16-22-32-34-35-38(22)8-7-36-9-11-41-12-10-36/h2-6,13-15,26H,7-12,16H2,1H3,(H,31,40). The van der Waals surface area contributed by atoms with Crippen LogP contribution in [0.25, 0.3) is 16.9 Å². The summed E-state index contributed by atoms with van der Waals surface area (Å²) >= 11 is 0. The Morgan fingerprint density at radius 3 is 2.90 bits per heavy atom. The summed E-state index contributed by atoms with van der Waals surface area (Å²) in [5.41, 5.74) is 2.17. The number of aryl methyl sites for hydroxylation is 1. The van der Waals surface area contributed by atoms with Crippen molar-refractivity contribution in [3.63, 3.8) is 0 Å². The van der Waals surface area contributed by atoms with Gasteiger partial charge in [-0.25, -0.2) is 14.2 Å². The SMILES string of the molecule is Cc1ccc(OC(F)F)c(-c2nn(Cc3nnnn3CCN3CCOCC3)cc2NC(=O)c2cnn3cccnc23)c1. The lowest BCUT2D eigenvalue weighted by Gasteiger charge is -2.26. The van der Waals surface area contributed by atoms with Crippen molar-refractivity contribution in [2.75, 3.05) is 38.2 Å². The Morgan fingerprint density at radius 1 is 1.21 bits per heavy atom. The monoisotopic (exact) mass is 579 g/mol. The molecule has 1 saturated heterocycles. The molecule has 0 bridgehead atoms. The number of tetrazole rings is 1. The number of nitrogens with zero attached hydrogens (tertiary/aromatic N) is 10. The van der Waals surface area contributed by atoms with Crippen LogP contribution in [0.5, 0.6) is 5.75 Å². The smallest absolute Gasteiger partial charge is 0.387 e. The minimum absolute atomic E-state index is 0.0793. The number of ether oxygens (including phenoxy) is 2. The van der Waals surface area contributed by atoms with Gasteiger partial charge in [0.1, 0.15) is 23.6 Å². The molecule has 0 aliphatic carbocycles. The molecule has 1 aromatic carbocycles. The van der Waals surface area contributed by atoms with Crippen molar-refractivity contribution in [1.82, 2.24) is 49.5 Å². The predicted molar refractivity (Wildman–Crippen MR) is 144 cm³/mol. The lowest BCUT2D eigenvalue weighted by atomic mass is 10.1. The van der Waals surface area contributed by atoms with Gasteiger partial charge in [-0.05, 0) is 35.5 Å². The van der Waals surface area contributed by atoms with E-state index in [0.717, 1.165) is 25.2 Å². The first-order valence-corrected chi connectivity index (χ1v) is 13.2. The zero-order chi connectivity index (χ0) is 29.1. The molecule has 14 nitrogen and oxygen atoms in total. The summed E-state index contributed by atoms with van der Waals surface area (Å²) in [7, 11) is 0. The van der Waals surface area contributed by atoms with Gasteiger partial charge < -0.3 is 14.8 Å². The third-order valence-corrected chi connectivity index (χ3v) is 6.78. The summed E-state index contributed by atoms with van der Waals surface area (Å²) in [6.45, 7) is 3.29. The van der Waals surface area contributed by atoms with Gasteiger partial charge in [-0.15, -0.1) is 5.10 Å². The van der Waals surface area contributed by atoms with E-state index in [-0.39, 0.29) is 34.8 Å². The molecule has 0 spiro atoms. The molecular formula is C26H27F2N11O3. The Balaban J connectivity index is 1.32. The van der Waals surface area contributed by atoms with Crippen molar-refractivity contribution in [3.05, 3.63) is 66.0 Å². The molecule has 1 N–H and O–H groups in total. The summed E-state index contributed by atoms with van der Waals surface area (Å²) in [6, 6.07) is 6.47. The second-order valence-corrected chi connectivity index (χ2v) is 9.64. The maximum atomic E-state index is 13.4. The van der Waals surface area contributed by atoms with E-state index >= 15 is 0 Å². The minimum atomic E-state index is -3.05. The highest BCUT2D eigenvalue weighted by molar-refractivity contribution is 6.09. The van der Waals surface area contributed by atoms with Crippen LogP contribution in [0.3, 0.4) is 0 Å². The highest BCUT2D eigenvalue weighted by Gasteiger charge is 2.23. The number of fused-ring (bicyclic) bond motifs is 1. The Morgan fingerprint density at radius 2 is 2.07 bits per heavy atom. The van der Waals surface area contributed by atoms with Crippen LogP contribution in [0, 0.1) is 6.92 Å². The predicted octanol–water partition coefficient (Wildman–Crippen LogP) is 2.12. The number of nitrogens with one attached hydrogen (secondary N) is 1. The van der Waals surface area contributed by atoms with Crippen molar-refractivity contribution >= 4 is 17.2 Å². The van der Waals surface area contributed by atoms with Gasteiger partial charge in [-0.1, -0.05) is 11.6 Å². The topological polar surface area (TPSA) is 142 Å². The molecule has 1 aliphatic heterocycles. The Labute approximate surface area is 237 Å². The fourth-order valence-electron chi connectivity index (χ4n) is 4.71. The van der Waals surface area contributed by atoms with Crippen LogP contribution in [0.2, 0.25) is 0 Å². The average molecular weight is 580 g/mol. The molecule has 5 aromatic rings. The molecule has 1 amide bonds. The van der Waals surface area contributed by atoms with Gasteiger partial charge in [0.05, 0.1) is 31.6 Å². The molecule has 0 radical (unpaired) electrons. The zero-order valence-corrected chi connectivity index (χ0v) is 22.6. The van der Waals surface area contributed by atoms with Crippen molar-refractivity contribution in [1.29, 1.82) is 0 Å². The van der Waals surface area contributed by atoms with E-state index in [0.29, 0.717) is 31.2 Å². The molecule has 0 atom stereocenters. The Hall–Kier alpha value is -4.83. The Kier molecular flexibility index (Phi) is 7.78. The zero-order valence-electron chi connectivity index (χ0n) is 22.6. The molecule has 0 saturated carbocycles. The van der Waals surface area contributed by atoms with Crippen LogP contribution >= 0.6 is 0 Å². The first kappa shape index (κ1) is 27.3. The number of halogens is 2. The number of benzene rings is 1. The number of carbonyl (C=O) groups is 1. The van der Waals surface area contributed by atoms with E-state index < -0.39 is 12.5 Å². The fourth-order valence-corrected chi connectivity index (χ4v) is 4.71. The highest BCUT2D eigenvalue weighted by atomic mass is 19.3. The number of morpholine rings is 1. The van der Waals surface area contributed by atoms with E-state index in [1.165, 1.54) is 16.8 Å². The number of amides is 1. The van der Waals surface area contributed by atoms with Gasteiger partial charge >= 0.3 is 6.61 Å². The minimum Gasteiger partial charge on any atom is -0.434 e. The number of hydrogen-bond acceptors (Lipinski definition) is 10. The summed E-state index contributed by atoms with van der Waals surface area (Å²) < 4.78 is 41.5. The van der Waals surface area contributed by atoms with Gasteiger partial charge in [0.15, 0.2) is 11.5 Å². The van der Waals surface area contributed by atoms with Gasteiger partial charge in [0.2, 0.25) is 0 Å². The number of alkyl halides is 2. The lowest BCUT2D eigenvalue weighted by molar-refractivity contribution is -0.0494. The summed E-state index contributed by atoms with van der Waals surface area (Å²) in [5.74, 6) is -0.0384. The third-order valence-electron chi connectivity index (χ3n) is 6.78. The van der Waals surface area contributed by atoms with Gasteiger partial charge in [0, 0.05) is 43.8 Å². The fraction of sp³-hybridized carbons (Fsp3) is 0.346. The van der Waals surface area contributed by atoms with Gasteiger partial charge in [-0.3, -0.25) is 14.4 Å². The highest BCUT2D eigenvalue weighted by Crippen LogP contribution is 2.36. The quantitative estimate of drug-likeness (QED) is 0.261. The van der Waals surface area contributed by atoms with Crippen molar-refractivity contribution in [2.45, 2.75) is 26.6 Å². The van der Waals surface area contributed by atoms with Crippen molar-refractivity contribution < 1.29 is 23.0 Å². The Bertz CT molecular complexity index is 1690. The van der Waals surface area contributed by atoms with E-state index in [1.54, 1.807) is 46.2 Å². The molecular weight excluding hydrogens is 552 g/mol. The molecule has 218 valence electrons. The first-order chi connectivity index (χ1) is 20.4. The first-order valence-electron chi connectivity index (χ1n) is 13.2. The molecule has 42 heavy (non-hydrogen) atoms. The number of anilines is 1. The third kappa shape index (κ3) is 5.94. The van der Waals surface area contributed by atoms with Crippen LogP contribution in [-0.2, 0) is 17.8 Å². The van der Waals surface area contributed by atoms with E-state index in [9.17, 15) is 13.6 Å².